The largest absolute Gasteiger partial charge is 0.535 e. The van der Waals surface area contributed by atoms with Gasteiger partial charge in [-0.15, -0.1) is 0 Å². The highest BCUT2D eigenvalue weighted by molar-refractivity contribution is 6.47. The fourth-order valence-electron chi connectivity index (χ4n) is 5.27. The number of rotatable bonds is 5. The maximum Gasteiger partial charge on any atom is 0.526 e. The highest BCUT2D eigenvalue weighted by atomic mass is 16.5. The molecule has 0 radical (unpaired) electrons. The number of carbonyl (C=O) groups is 2. The van der Waals surface area contributed by atoms with Crippen LogP contribution in [0, 0.1) is 0 Å². The van der Waals surface area contributed by atoms with Gasteiger partial charge < -0.3 is 33.6 Å². The summed E-state index contributed by atoms with van der Waals surface area (Å²) in [5, 5.41) is 20.1. The topological polar surface area (TPSA) is 106 Å². The average Bonchev–Trinajstić information content (AvgIpc) is 2.62. The number of carbonyl (C=O) groups excluding carboxylic acids is 1. The lowest BCUT2D eigenvalue weighted by Gasteiger charge is -2.43. The van der Waals surface area contributed by atoms with Crippen LogP contribution in [0.4, 0.5) is 0 Å². The van der Waals surface area contributed by atoms with E-state index in [2.05, 4.69) is 14.1 Å². The van der Waals surface area contributed by atoms with Gasteiger partial charge in [0.2, 0.25) is 5.91 Å². The number of morpholine rings is 1. The van der Waals surface area contributed by atoms with Gasteiger partial charge in [-0.3, -0.25) is 4.79 Å². The Morgan fingerprint density at radius 3 is 2.72 bits per heavy atom. The van der Waals surface area contributed by atoms with Gasteiger partial charge in [0.05, 0.1) is 40.2 Å². The van der Waals surface area contributed by atoms with E-state index in [-0.39, 0.29) is 46.9 Å². The molecule has 0 aromatic heterocycles. The molecule has 3 heterocycles. The minimum absolute atomic E-state index is 0.0274. The summed E-state index contributed by atoms with van der Waals surface area (Å²) in [6.45, 7) is 3.23. The lowest BCUT2D eigenvalue weighted by molar-refractivity contribution is -0.901. The second-order valence-corrected chi connectivity index (χ2v) is 10.1. The van der Waals surface area contributed by atoms with Gasteiger partial charge in [0.15, 0.2) is 0 Å². The number of likely N-dealkylation sites (tertiary alicyclic amines) is 1. The number of fused-ring (bicyclic) bond motifs is 3. The van der Waals surface area contributed by atoms with Crippen LogP contribution < -0.4 is 9.39 Å². The van der Waals surface area contributed by atoms with Gasteiger partial charge >= 0.3 is 13.1 Å². The zero-order chi connectivity index (χ0) is 22.6. The molecule has 0 bridgehead atoms. The van der Waals surface area contributed by atoms with E-state index in [1.165, 1.54) is 0 Å². The summed E-state index contributed by atoms with van der Waals surface area (Å²) in [6, 6.07) is 3.53. The lowest BCUT2D eigenvalue weighted by Crippen LogP contribution is -2.58. The zero-order valence-electron chi connectivity index (χ0n) is 18.5. The summed E-state index contributed by atoms with van der Waals surface area (Å²) in [7, 11) is 3.29. The first-order valence-corrected chi connectivity index (χ1v) is 11.3. The molecule has 3 atom stereocenters. The molecule has 1 amide bonds. The summed E-state index contributed by atoms with van der Waals surface area (Å²) in [5.74, 6) is -0.533. The number of quaternary nitrogens is 1. The average molecular weight is 445 g/mol. The third-order valence-corrected chi connectivity index (χ3v) is 7.34. The van der Waals surface area contributed by atoms with Crippen molar-refractivity contribution in [3.63, 3.8) is 0 Å². The number of carboxylic acid groups (broad SMARTS) is 1. The molecule has 1 aliphatic carbocycles. The van der Waals surface area contributed by atoms with Crippen LogP contribution in [0.15, 0.2) is 12.1 Å². The van der Waals surface area contributed by atoms with Crippen molar-refractivity contribution in [3.05, 3.63) is 23.3 Å². The number of amides is 1. The van der Waals surface area contributed by atoms with Crippen molar-refractivity contribution >= 4 is 19.0 Å². The number of carboxylic acids is 1. The molecule has 0 spiro atoms. The third kappa shape index (κ3) is 3.84. The van der Waals surface area contributed by atoms with E-state index in [1.807, 2.05) is 6.07 Å². The normalized spacial score (nSPS) is 28.5. The molecule has 9 nitrogen and oxygen atoms in total. The van der Waals surface area contributed by atoms with E-state index in [0.29, 0.717) is 26.1 Å². The SMILES string of the molecule is C[N+]1(C)CCO[C@@H](CC(=O)N2CC(Oc3ccc4c(c3C(=O)O)OB(O)[C@@H]3CC[C@H]43)C2)C1. The summed E-state index contributed by atoms with van der Waals surface area (Å²) < 4.78 is 18.2. The fourth-order valence-corrected chi connectivity index (χ4v) is 5.27. The molecule has 4 aliphatic rings. The van der Waals surface area contributed by atoms with Crippen LogP contribution in [0.1, 0.15) is 41.1 Å². The molecule has 5 rings (SSSR count). The molecule has 1 aromatic carbocycles. The van der Waals surface area contributed by atoms with E-state index in [9.17, 15) is 19.7 Å². The van der Waals surface area contributed by atoms with Crippen molar-refractivity contribution in [2.75, 3.05) is 46.9 Å². The second-order valence-electron chi connectivity index (χ2n) is 10.1. The molecule has 2 N–H and O–H groups in total. The maximum absolute atomic E-state index is 12.6. The Balaban J connectivity index is 1.22. The molecule has 10 heteroatoms. The molecule has 0 unspecified atom stereocenters. The van der Waals surface area contributed by atoms with Gasteiger partial charge in [0, 0.05) is 5.82 Å². The van der Waals surface area contributed by atoms with Crippen molar-refractivity contribution in [3.8, 4) is 11.5 Å². The number of nitrogens with zero attached hydrogens (tertiary/aromatic N) is 2. The van der Waals surface area contributed by atoms with Crippen LogP contribution >= 0.6 is 0 Å². The number of likely N-dealkylation sites (N-methyl/N-ethyl adjacent to an activating group) is 1. The Morgan fingerprint density at radius 1 is 1.28 bits per heavy atom. The molecule has 1 saturated carbocycles. The van der Waals surface area contributed by atoms with E-state index >= 15 is 0 Å². The van der Waals surface area contributed by atoms with Crippen molar-refractivity contribution in [1.82, 2.24) is 4.90 Å². The van der Waals surface area contributed by atoms with Gasteiger partial charge in [0.25, 0.3) is 0 Å². The van der Waals surface area contributed by atoms with Gasteiger partial charge in [0.1, 0.15) is 42.4 Å². The lowest BCUT2D eigenvalue weighted by atomic mass is 9.51. The van der Waals surface area contributed by atoms with E-state index < -0.39 is 13.1 Å². The van der Waals surface area contributed by atoms with Gasteiger partial charge in [-0.25, -0.2) is 4.79 Å². The van der Waals surface area contributed by atoms with Gasteiger partial charge in [-0.05, 0) is 30.4 Å². The monoisotopic (exact) mass is 445 g/mol. The first kappa shape index (κ1) is 21.5. The first-order valence-electron chi connectivity index (χ1n) is 11.3. The summed E-state index contributed by atoms with van der Waals surface area (Å²) in [5.41, 5.74) is 0.780. The molecule has 3 aliphatic heterocycles. The van der Waals surface area contributed by atoms with Gasteiger partial charge in [-0.2, -0.15) is 0 Å². The predicted molar refractivity (Wildman–Crippen MR) is 115 cm³/mol. The fraction of sp³-hybridized carbons (Fsp3) is 0.636. The Bertz CT molecular complexity index is 933. The highest BCUT2D eigenvalue weighted by Crippen LogP contribution is 2.55. The van der Waals surface area contributed by atoms with Crippen LogP contribution in [0.5, 0.6) is 11.5 Å². The molecule has 172 valence electrons. The minimum atomic E-state index is -1.15. The standard InChI is InChI=1S/C22H29BN2O7/c1-25(2)7-8-30-13(12-25)9-19(26)24-10-14(11-24)31-18-6-4-16-15-3-5-17(15)23(29)32-21(16)20(18)22(27)28/h4,6,13-15,17,29H,3,5,7-12H2,1-2H3/p+1/t13-,15+,17+/m0/s1. The van der Waals surface area contributed by atoms with Crippen LogP contribution in [-0.2, 0) is 9.53 Å². The molecular weight excluding hydrogens is 415 g/mol. The van der Waals surface area contributed by atoms with Crippen molar-refractivity contribution < 1.29 is 38.3 Å². The summed E-state index contributed by atoms with van der Waals surface area (Å²) >= 11 is 0. The molecule has 2 saturated heterocycles. The molecular formula is C22H30BN2O7+. The van der Waals surface area contributed by atoms with E-state index in [1.54, 1.807) is 11.0 Å². The van der Waals surface area contributed by atoms with Crippen LogP contribution in [0.3, 0.4) is 0 Å². The van der Waals surface area contributed by atoms with Crippen LogP contribution in [0.2, 0.25) is 5.82 Å². The molecule has 32 heavy (non-hydrogen) atoms. The number of hydrogen-bond donors (Lipinski definition) is 2. The van der Waals surface area contributed by atoms with Crippen LogP contribution in [-0.4, -0.2) is 97.6 Å². The summed E-state index contributed by atoms with van der Waals surface area (Å²) in [4.78, 5) is 26.4. The van der Waals surface area contributed by atoms with Crippen molar-refractivity contribution in [2.24, 2.45) is 0 Å². The molecule has 3 fully saturated rings. The Kier molecular flexibility index (Phi) is 5.34. The zero-order valence-corrected chi connectivity index (χ0v) is 18.5. The summed E-state index contributed by atoms with van der Waals surface area (Å²) in [6.07, 6.45) is 1.78. The first-order chi connectivity index (χ1) is 15.2. The second kappa shape index (κ2) is 7.93. The number of ether oxygens (including phenoxy) is 2. The number of hydrogen-bond acceptors (Lipinski definition) is 6. The van der Waals surface area contributed by atoms with Gasteiger partial charge in [-0.1, -0.05) is 6.07 Å². The van der Waals surface area contributed by atoms with E-state index in [0.717, 1.165) is 36.0 Å². The van der Waals surface area contributed by atoms with Crippen LogP contribution in [0.25, 0.3) is 0 Å². The quantitative estimate of drug-likeness (QED) is 0.514. The predicted octanol–water partition coefficient (Wildman–Crippen LogP) is 0.960. The minimum Gasteiger partial charge on any atom is -0.535 e. The smallest absolute Gasteiger partial charge is 0.526 e. The Hall–Kier alpha value is -2.30. The van der Waals surface area contributed by atoms with E-state index in [4.69, 9.17) is 14.1 Å². The third-order valence-electron chi connectivity index (χ3n) is 7.34. The molecule has 1 aromatic rings. The highest BCUT2D eigenvalue weighted by Gasteiger charge is 2.49. The maximum atomic E-state index is 12.6. The number of aromatic carboxylic acids is 1. The number of benzene rings is 1. The van der Waals surface area contributed by atoms with Crippen molar-refractivity contribution in [1.29, 1.82) is 0 Å². The Labute approximate surface area is 187 Å². The van der Waals surface area contributed by atoms with Crippen molar-refractivity contribution in [2.45, 2.75) is 43.2 Å². The Morgan fingerprint density at radius 2 is 2.06 bits per heavy atom.